The Morgan fingerprint density at radius 3 is 1.77 bits per heavy atom. The highest BCUT2D eigenvalue weighted by Gasteiger charge is 2.38. The van der Waals surface area contributed by atoms with E-state index < -0.39 is 5.54 Å². The van der Waals surface area contributed by atoms with Gasteiger partial charge in [-0.2, -0.15) is 0 Å². The van der Waals surface area contributed by atoms with Crippen LogP contribution in [0.2, 0.25) is 0 Å². The van der Waals surface area contributed by atoms with Gasteiger partial charge in [-0.25, -0.2) is 0 Å². The summed E-state index contributed by atoms with van der Waals surface area (Å²) in [6.45, 7) is 12.4. The molecule has 1 aromatic carbocycles. The van der Waals surface area contributed by atoms with Gasteiger partial charge in [0, 0.05) is 18.7 Å². The van der Waals surface area contributed by atoms with Gasteiger partial charge < -0.3 is 14.2 Å². The molecule has 0 amide bonds. The van der Waals surface area contributed by atoms with E-state index in [4.69, 9.17) is 14.2 Å². The zero-order chi connectivity index (χ0) is 23.4. The van der Waals surface area contributed by atoms with Crippen LogP contribution in [0.1, 0.15) is 71.2 Å². The summed E-state index contributed by atoms with van der Waals surface area (Å²) < 4.78 is 15.7. The molecule has 0 spiro atoms. The zero-order valence-corrected chi connectivity index (χ0v) is 19.7. The molecule has 0 bridgehead atoms. The van der Waals surface area contributed by atoms with Crippen LogP contribution in [0.5, 0.6) is 5.75 Å². The lowest BCUT2D eigenvalue weighted by Gasteiger charge is -2.39. The highest BCUT2D eigenvalue weighted by atomic mass is 16.5. The van der Waals surface area contributed by atoms with Crippen LogP contribution < -0.4 is 4.74 Å². The van der Waals surface area contributed by atoms with Gasteiger partial charge in [0.2, 0.25) is 0 Å². The third kappa shape index (κ3) is 8.32. The van der Waals surface area contributed by atoms with Gasteiger partial charge in [-0.05, 0) is 65.3 Å². The summed E-state index contributed by atoms with van der Waals surface area (Å²) in [6, 6.07) is 7.07. The van der Waals surface area contributed by atoms with Crippen LogP contribution in [0.3, 0.4) is 0 Å². The maximum atomic E-state index is 13.5. The van der Waals surface area contributed by atoms with Crippen molar-refractivity contribution in [3.05, 3.63) is 29.8 Å². The van der Waals surface area contributed by atoms with E-state index in [2.05, 4.69) is 0 Å². The van der Waals surface area contributed by atoms with E-state index in [1.165, 1.54) is 0 Å². The Morgan fingerprint density at radius 2 is 1.39 bits per heavy atom. The molecule has 1 unspecified atom stereocenters. The minimum absolute atomic E-state index is 0.0451. The lowest BCUT2D eigenvalue weighted by molar-refractivity contribution is -0.144. The maximum Gasteiger partial charge on any atom is 0.307 e. The smallest absolute Gasteiger partial charge is 0.307 e. The van der Waals surface area contributed by atoms with E-state index in [-0.39, 0.29) is 36.7 Å². The Balaban J connectivity index is 3.08. The molecule has 31 heavy (non-hydrogen) atoms. The monoisotopic (exact) mass is 435 g/mol. The Hall–Kier alpha value is -2.41. The van der Waals surface area contributed by atoms with Crippen LogP contribution in [0, 0.1) is 0 Å². The first-order valence-electron chi connectivity index (χ1n) is 11.1. The molecule has 0 saturated carbocycles. The number of Topliss-reactive ketones (excluding diaryl/α,β-unsaturated/α-hetero) is 1. The molecule has 1 aromatic rings. The first kappa shape index (κ1) is 26.6. The van der Waals surface area contributed by atoms with Crippen molar-refractivity contribution in [3.63, 3.8) is 0 Å². The molecule has 7 heteroatoms. The number of hydrogen-bond acceptors (Lipinski definition) is 7. The number of ketones is 1. The second-order valence-electron chi connectivity index (χ2n) is 7.74. The van der Waals surface area contributed by atoms with Gasteiger partial charge in [-0.1, -0.05) is 6.92 Å². The topological polar surface area (TPSA) is 82.1 Å². The summed E-state index contributed by atoms with van der Waals surface area (Å²) >= 11 is 0. The van der Waals surface area contributed by atoms with Gasteiger partial charge in [0.1, 0.15) is 5.75 Å². The van der Waals surface area contributed by atoms with Crippen molar-refractivity contribution in [2.45, 2.75) is 72.4 Å². The summed E-state index contributed by atoms with van der Waals surface area (Å²) in [4.78, 5) is 39.2. The third-order valence-corrected chi connectivity index (χ3v) is 5.15. The molecular weight excluding hydrogens is 398 g/mol. The summed E-state index contributed by atoms with van der Waals surface area (Å²) in [7, 11) is 0. The van der Waals surface area contributed by atoms with Crippen molar-refractivity contribution in [2.24, 2.45) is 0 Å². The summed E-state index contributed by atoms with van der Waals surface area (Å²) in [5.74, 6) is -0.0282. The average molecular weight is 436 g/mol. The highest BCUT2D eigenvalue weighted by Crippen LogP contribution is 2.27. The van der Waals surface area contributed by atoms with Crippen molar-refractivity contribution in [3.8, 4) is 5.75 Å². The van der Waals surface area contributed by atoms with Crippen molar-refractivity contribution in [2.75, 3.05) is 26.3 Å². The predicted octanol–water partition coefficient (Wildman–Crippen LogP) is 4.03. The minimum atomic E-state index is -0.889. The number of benzene rings is 1. The van der Waals surface area contributed by atoms with Crippen LogP contribution in [0.25, 0.3) is 0 Å². The molecule has 174 valence electrons. The Bertz CT molecular complexity index is 693. The van der Waals surface area contributed by atoms with E-state index in [1.807, 2.05) is 32.6 Å². The molecule has 0 heterocycles. The van der Waals surface area contributed by atoms with Gasteiger partial charge >= 0.3 is 11.9 Å². The molecule has 1 rings (SSSR count). The Labute approximate surface area is 186 Å². The first-order valence-corrected chi connectivity index (χ1v) is 11.1. The Morgan fingerprint density at radius 1 is 0.903 bits per heavy atom. The lowest BCUT2D eigenvalue weighted by atomic mass is 9.86. The molecule has 0 aromatic heterocycles. The van der Waals surface area contributed by atoms with Gasteiger partial charge in [0.15, 0.2) is 5.78 Å². The van der Waals surface area contributed by atoms with Crippen LogP contribution in [-0.4, -0.2) is 60.6 Å². The molecule has 0 N–H and O–H groups in total. The first-order chi connectivity index (χ1) is 14.7. The number of hydrogen-bond donors (Lipinski definition) is 0. The van der Waals surface area contributed by atoms with E-state index in [1.54, 1.807) is 38.1 Å². The largest absolute Gasteiger partial charge is 0.491 e. The second-order valence-corrected chi connectivity index (χ2v) is 7.74. The van der Waals surface area contributed by atoms with Crippen LogP contribution >= 0.6 is 0 Å². The van der Waals surface area contributed by atoms with E-state index in [0.29, 0.717) is 44.0 Å². The molecule has 0 aliphatic heterocycles. The van der Waals surface area contributed by atoms with Gasteiger partial charge in [-0.3, -0.25) is 19.3 Å². The van der Waals surface area contributed by atoms with Gasteiger partial charge in [-0.15, -0.1) is 0 Å². The number of carbonyl (C=O) groups is 3. The van der Waals surface area contributed by atoms with Crippen LogP contribution in [0.15, 0.2) is 24.3 Å². The average Bonchev–Trinajstić information content (AvgIpc) is 2.73. The molecular formula is C24H37NO6. The van der Waals surface area contributed by atoms with Crippen LogP contribution in [-0.2, 0) is 19.1 Å². The minimum Gasteiger partial charge on any atom is -0.491 e. The van der Waals surface area contributed by atoms with Crippen molar-refractivity contribution >= 4 is 17.7 Å². The second kappa shape index (κ2) is 13.1. The zero-order valence-electron chi connectivity index (χ0n) is 19.7. The fourth-order valence-corrected chi connectivity index (χ4v) is 3.32. The van der Waals surface area contributed by atoms with E-state index >= 15 is 0 Å². The molecule has 1 atom stereocenters. The number of nitrogens with zero attached hydrogens (tertiary/aromatic N) is 1. The SMILES string of the molecule is CCOC(=O)CCN(CCC(=O)OCC)C(C)(CC)C(=O)c1ccc(OC(C)C)cc1. The normalized spacial score (nSPS) is 13.0. The van der Waals surface area contributed by atoms with E-state index in [0.717, 1.165) is 0 Å². The lowest BCUT2D eigenvalue weighted by Crippen LogP contribution is -2.53. The van der Waals surface area contributed by atoms with Gasteiger partial charge in [0.25, 0.3) is 0 Å². The molecule has 0 aliphatic rings. The van der Waals surface area contributed by atoms with Crippen LogP contribution in [0.4, 0.5) is 0 Å². The molecule has 0 fully saturated rings. The standard InChI is InChI=1S/C24H37NO6/c1-7-24(6,23(28)19-10-12-20(13-11-19)31-18(4)5)25(16-14-21(26)29-8-2)17-15-22(27)30-9-3/h10-13,18H,7-9,14-17H2,1-6H3. The number of rotatable bonds is 14. The predicted molar refractivity (Wildman–Crippen MR) is 119 cm³/mol. The molecule has 0 aliphatic carbocycles. The van der Waals surface area contributed by atoms with E-state index in [9.17, 15) is 14.4 Å². The number of carbonyl (C=O) groups excluding carboxylic acids is 3. The maximum absolute atomic E-state index is 13.5. The van der Waals surface area contributed by atoms with Gasteiger partial charge in [0.05, 0.1) is 37.7 Å². The Kier molecular flexibility index (Phi) is 11.3. The number of esters is 2. The highest BCUT2D eigenvalue weighted by molar-refractivity contribution is 6.03. The summed E-state index contributed by atoms with van der Waals surface area (Å²) in [5.41, 5.74) is -0.336. The molecule has 0 saturated heterocycles. The fourth-order valence-electron chi connectivity index (χ4n) is 3.32. The fraction of sp³-hybridized carbons (Fsp3) is 0.625. The number of ether oxygens (including phenoxy) is 3. The van der Waals surface area contributed by atoms with Crippen molar-refractivity contribution < 1.29 is 28.6 Å². The molecule has 7 nitrogen and oxygen atoms in total. The third-order valence-electron chi connectivity index (χ3n) is 5.15. The van der Waals surface area contributed by atoms with Crippen molar-refractivity contribution in [1.29, 1.82) is 0 Å². The summed E-state index contributed by atoms with van der Waals surface area (Å²) in [6.07, 6.45) is 0.840. The quantitative estimate of drug-likeness (QED) is 0.322. The van der Waals surface area contributed by atoms with Crippen molar-refractivity contribution in [1.82, 2.24) is 4.90 Å². The molecule has 0 radical (unpaired) electrons. The summed E-state index contributed by atoms with van der Waals surface area (Å²) in [5, 5.41) is 0.